The zero-order chi connectivity index (χ0) is 18.4. The van der Waals surface area contributed by atoms with Crippen LogP contribution in [0.3, 0.4) is 0 Å². The van der Waals surface area contributed by atoms with Gasteiger partial charge in [0.05, 0.1) is 5.69 Å². The summed E-state index contributed by atoms with van der Waals surface area (Å²) in [7, 11) is 0. The third-order valence-electron chi connectivity index (χ3n) is 4.66. The van der Waals surface area contributed by atoms with Crippen LogP contribution < -0.4 is 0 Å². The lowest BCUT2D eigenvalue weighted by atomic mass is 9.87. The molecule has 0 amide bonds. The number of pyridine rings is 1. The number of allylic oxidation sites excluding steroid dienone is 15. The molecule has 130 valence electrons. The highest BCUT2D eigenvalue weighted by atomic mass is 14.7. The Morgan fingerprint density at radius 1 is 0.923 bits per heavy atom. The van der Waals surface area contributed by atoms with Crippen molar-refractivity contribution >= 4 is 11.6 Å². The van der Waals surface area contributed by atoms with Crippen LogP contribution in [-0.2, 0) is 0 Å². The predicted molar refractivity (Wildman–Crippen MR) is 113 cm³/mol. The number of nitrogens with zero attached hydrogens (tertiary/aromatic N) is 1. The Balaban J connectivity index is 2.35. The fourth-order valence-corrected chi connectivity index (χ4v) is 3.24. The molecule has 0 spiro atoms. The van der Waals surface area contributed by atoms with Gasteiger partial charge in [0.2, 0.25) is 0 Å². The minimum absolute atomic E-state index is 0.965. The highest BCUT2D eigenvalue weighted by Crippen LogP contribution is 2.34. The minimum atomic E-state index is 0.965. The Hall–Kier alpha value is -2.93. The Bertz CT molecular complexity index is 925. The predicted octanol–water partition coefficient (Wildman–Crippen LogP) is 6.77. The van der Waals surface area contributed by atoms with Crippen LogP contribution in [0.1, 0.15) is 38.4 Å². The Kier molecular flexibility index (Phi) is 5.80. The van der Waals surface area contributed by atoms with Crippen molar-refractivity contribution < 1.29 is 0 Å². The second-order valence-electron chi connectivity index (χ2n) is 6.25. The van der Waals surface area contributed by atoms with E-state index < -0.39 is 0 Å². The highest BCUT2D eigenvalue weighted by Gasteiger charge is 2.15. The largest absolute Gasteiger partial charge is 0.256 e. The van der Waals surface area contributed by atoms with Gasteiger partial charge < -0.3 is 0 Å². The molecule has 0 fully saturated rings. The lowest BCUT2D eigenvalue weighted by Gasteiger charge is -2.18. The van der Waals surface area contributed by atoms with Crippen molar-refractivity contribution in [2.75, 3.05) is 0 Å². The number of aromatic nitrogens is 1. The van der Waals surface area contributed by atoms with Gasteiger partial charge in [-0.15, -0.1) is 0 Å². The van der Waals surface area contributed by atoms with Crippen molar-refractivity contribution in [3.05, 3.63) is 113 Å². The van der Waals surface area contributed by atoms with Gasteiger partial charge in [-0.05, 0) is 60.3 Å². The van der Waals surface area contributed by atoms with E-state index in [9.17, 15) is 0 Å². The third kappa shape index (κ3) is 3.83. The van der Waals surface area contributed by atoms with E-state index in [0.717, 1.165) is 12.1 Å². The standard InChI is InChI=1S/C25H25N/c1-4-19-10-7-8-11-21(5-2)25-22(6-3)18-20(14-13-19)15-16-24-23(25)12-9-17-26-24/h4-5,7-18H,6H2,1-3H3/b10-7-,11-8-,14-13-,16-15-,19-4-,20-15?,20-18-,21-5+,22-18?,24-16?,25-22+,25-23?. The van der Waals surface area contributed by atoms with E-state index in [4.69, 9.17) is 0 Å². The van der Waals surface area contributed by atoms with E-state index >= 15 is 0 Å². The van der Waals surface area contributed by atoms with Crippen molar-refractivity contribution in [2.24, 2.45) is 0 Å². The summed E-state index contributed by atoms with van der Waals surface area (Å²) in [5, 5.41) is 0. The molecule has 0 saturated heterocycles. The first-order valence-corrected chi connectivity index (χ1v) is 9.21. The minimum Gasteiger partial charge on any atom is -0.256 e. The molecule has 0 radical (unpaired) electrons. The van der Waals surface area contributed by atoms with Gasteiger partial charge in [-0.3, -0.25) is 4.98 Å². The molecule has 2 aliphatic carbocycles. The van der Waals surface area contributed by atoms with Crippen LogP contribution in [0.5, 0.6) is 0 Å². The maximum atomic E-state index is 4.63. The summed E-state index contributed by atoms with van der Waals surface area (Å²) < 4.78 is 0. The SMILES string of the molecule is C\C=C1\C=C/C=C\C(=C/C)C2=C(CC)/C=C(/C=C\1)\C=C/c1ncccc1/2. The first-order chi connectivity index (χ1) is 12.8. The summed E-state index contributed by atoms with van der Waals surface area (Å²) in [5.41, 5.74) is 8.39. The van der Waals surface area contributed by atoms with Crippen molar-refractivity contribution in [2.45, 2.75) is 27.2 Å². The molecule has 1 aromatic rings. The van der Waals surface area contributed by atoms with Crippen molar-refractivity contribution in [1.82, 2.24) is 4.98 Å². The van der Waals surface area contributed by atoms with Crippen molar-refractivity contribution in [3.63, 3.8) is 0 Å². The monoisotopic (exact) mass is 339 g/mol. The molecule has 1 heterocycles. The molecule has 1 heteroatoms. The molecule has 0 saturated carbocycles. The summed E-state index contributed by atoms with van der Waals surface area (Å²) in [4.78, 5) is 4.63. The van der Waals surface area contributed by atoms with Crippen LogP contribution in [0.4, 0.5) is 0 Å². The van der Waals surface area contributed by atoms with Gasteiger partial charge in [0.25, 0.3) is 0 Å². The van der Waals surface area contributed by atoms with E-state index in [1.165, 1.54) is 33.4 Å². The summed E-state index contributed by atoms with van der Waals surface area (Å²) in [6.07, 6.45) is 26.6. The second kappa shape index (κ2) is 8.44. The van der Waals surface area contributed by atoms with E-state index in [-0.39, 0.29) is 0 Å². The maximum Gasteiger partial charge on any atom is 0.0708 e. The van der Waals surface area contributed by atoms with E-state index in [0.29, 0.717) is 0 Å². The van der Waals surface area contributed by atoms with Gasteiger partial charge in [-0.1, -0.05) is 73.8 Å². The van der Waals surface area contributed by atoms with Crippen molar-refractivity contribution in [1.29, 1.82) is 0 Å². The van der Waals surface area contributed by atoms with E-state index in [1.807, 2.05) is 12.3 Å². The molecule has 3 rings (SSSR count). The molecule has 0 aromatic carbocycles. The fraction of sp³-hybridized carbons (Fsp3) is 0.160. The van der Waals surface area contributed by atoms with Crippen molar-refractivity contribution in [3.8, 4) is 0 Å². The lowest BCUT2D eigenvalue weighted by Crippen LogP contribution is -2.00. The first-order valence-electron chi connectivity index (χ1n) is 9.21. The molecule has 0 atom stereocenters. The molecular formula is C25H25N. The molecule has 0 N–H and O–H groups in total. The Morgan fingerprint density at radius 3 is 2.50 bits per heavy atom. The van der Waals surface area contributed by atoms with Crippen LogP contribution >= 0.6 is 0 Å². The van der Waals surface area contributed by atoms with Gasteiger partial charge in [0, 0.05) is 11.8 Å². The molecular weight excluding hydrogens is 314 g/mol. The van der Waals surface area contributed by atoms with Crippen LogP contribution in [0.25, 0.3) is 11.6 Å². The zero-order valence-electron chi connectivity index (χ0n) is 15.7. The van der Waals surface area contributed by atoms with Gasteiger partial charge in [0.15, 0.2) is 0 Å². The highest BCUT2D eigenvalue weighted by molar-refractivity contribution is 5.89. The Morgan fingerprint density at radius 2 is 1.73 bits per heavy atom. The summed E-state index contributed by atoms with van der Waals surface area (Å²) in [5.74, 6) is 0. The summed E-state index contributed by atoms with van der Waals surface area (Å²) >= 11 is 0. The second-order valence-corrected chi connectivity index (χ2v) is 6.25. The average molecular weight is 339 g/mol. The quantitative estimate of drug-likeness (QED) is 0.550. The number of hydrogen-bond donors (Lipinski definition) is 0. The smallest absolute Gasteiger partial charge is 0.0708 e. The number of fused-ring (bicyclic) bond motifs is 3. The molecule has 1 aromatic heterocycles. The molecule has 26 heavy (non-hydrogen) atoms. The Labute approximate surface area is 156 Å². The maximum absolute atomic E-state index is 4.63. The summed E-state index contributed by atoms with van der Waals surface area (Å²) in [6.45, 7) is 6.38. The van der Waals surface area contributed by atoms with Gasteiger partial charge in [-0.2, -0.15) is 0 Å². The van der Waals surface area contributed by atoms with Gasteiger partial charge >= 0.3 is 0 Å². The van der Waals surface area contributed by atoms with E-state index in [1.54, 1.807) is 0 Å². The van der Waals surface area contributed by atoms with Crippen LogP contribution in [-0.4, -0.2) is 4.98 Å². The average Bonchev–Trinajstić information content (AvgIpc) is 2.66. The molecule has 0 unspecified atom stereocenters. The lowest BCUT2D eigenvalue weighted by molar-refractivity contribution is 1.14. The third-order valence-corrected chi connectivity index (χ3v) is 4.66. The molecule has 2 bridgehead atoms. The topological polar surface area (TPSA) is 12.9 Å². The molecule has 1 nitrogen and oxygen atoms in total. The molecule has 2 aliphatic rings. The molecule has 0 aliphatic heterocycles. The normalized spacial score (nSPS) is 29.6. The van der Waals surface area contributed by atoms with E-state index in [2.05, 4.69) is 98.7 Å². The van der Waals surface area contributed by atoms with Crippen LogP contribution in [0, 0.1) is 0 Å². The first kappa shape index (κ1) is 17.9. The number of hydrogen-bond acceptors (Lipinski definition) is 1. The fourth-order valence-electron chi connectivity index (χ4n) is 3.24. The number of rotatable bonds is 1. The zero-order valence-corrected chi connectivity index (χ0v) is 15.7. The van der Waals surface area contributed by atoms with Gasteiger partial charge in [0.1, 0.15) is 0 Å². The van der Waals surface area contributed by atoms with Crippen LogP contribution in [0.2, 0.25) is 0 Å². The van der Waals surface area contributed by atoms with Gasteiger partial charge in [-0.25, -0.2) is 0 Å². The summed E-state index contributed by atoms with van der Waals surface area (Å²) in [6, 6.07) is 4.19. The van der Waals surface area contributed by atoms with Crippen LogP contribution in [0.15, 0.2) is 101 Å².